The number of methoxy groups -OCH3 is 1. The second kappa shape index (κ2) is 12.2. The Balaban J connectivity index is 1.92. The third-order valence-corrected chi connectivity index (χ3v) is 5.36. The zero-order chi connectivity index (χ0) is 22.7. The maximum Gasteiger partial charge on any atom is 0.238 e. The predicted molar refractivity (Wildman–Crippen MR) is 123 cm³/mol. The van der Waals surface area contributed by atoms with Crippen LogP contribution >= 0.6 is 0 Å². The van der Waals surface area contributed by atoms with E-state index in [1.165, 1.54) is 11.6 Å². The molecule has 31 heavy (non-hydrogen) atoms. The molecular formula is C22H32N4O4S. The Hall–Kier alpha value is -2.78. The average molecular weight is 449 g/mol. The number of hydrogen-bond acceptors (Lipinski definition) is 5. The number of aryl methyl sites for hydroxylation is 1. The van der Waals surface area contributed by atoms with Crippen molar-refractivity contribution in [2.75, 3.05) is 26.8 Å². The molecule has 8 nitrogen and oxygen atoms in total. The predicted octanol–water partition coefficient (Wildman–Crippen LogP) is 2.43. The van der Waals surface area contributed by atoms with Gasteiger partial charge >= 0.3 is 0 Å². The number of benzene rings is 2. The molecule has 4 N–H and O–H groups in total. The van der Waals surface area contributed by atoms with Crippen LogP contribution in [0.4, 0.5) is 0 Å². The van der Waals surface area contributed by atoms with Gasteiger partial charge in [0.2, 0.25) is 10.0 Å². The Morgan fingerprint density at radius 3 is 2.55 bits per heavy atom. The maximum absolute atomic E-state index is 11.5. The number of primary sulfonamides is 1. The number of nitrogens with two attached hydrogens (primary N) is 1. The largest absolute Gasteiger partial charge is 0.493 e. The SMILES string of the molecule is CCNC(=NCc1cccc(S(N)(=O)=O)c1)NCCCc1ccc(OC)c(OCC)c1. The van der Waals surface area contributed by atoms with Gasteiger partial charge in [-0.25, -0.2) is 18.5 Å². The van der Waals surface area contributed by atoms with Gasteiger partial charge in [-0.1, -0.05) is 18.2 Å². The van der Waals surface area contributed by atoms with Crippen molar-refractivity contribution < 1.29 is 17.9 Å². The van der Waals surface area contributed by atoms with Gasteiger partial charge in [-0.2, -0.15) is 0 Å². The summed E-state index contributed by atoms with van der Waals surface area (Å²) in [7, 11) is -2.09. The molecule has 0 aromatic heterocycles. The van der Waals surface area contributed by atoms with Crippen LogP contribution in [0.15, 0.2) is 52.4 Å². The van der Waals surface area contributed by atoms with Crippen LogP contribution in [0.25, 0.3) is 0 Å². The molecule has 0 aliphatic rings. The summed E-state index contributed by atoms with van der Waals surface area (Å²) >= 11 is 0. The summed E-state index contributed by atoms with van der Waals surface area (Å²) in [4.78, 5) is 4.62. The van der Waals surface area contributed by atoms with Crippen molar-refractivity contribution in [2.24, 2.45) is 10.1 Å². The van der Waals surface area contributed by atoms with Gasteiger partial charge in [-0.15, -0.1) is 0 Å². The van der Waals surface area contributed by atoms with Crippen LogP contribution in [0.2, 0.25) is 0 Å². The normalized spacial score (nSPS) is 11.8. The van der Waals surface area contributed by atoms with Crippen LogP contribution in [-0.4, -0.2) is 41.2 Å². The number of guanidine groups is 1. The van der Waals surface area contributed by atoms with Crippen LogP contribution in [0, 0.1) is 0 Å². The molecule has 0 saturated carbocycles. The number of aliphatic imine (C=N–C) groups is 1. The van der Waals surface area contributed by atoms with E-state index < -0.39 is 10.0 Å². The van der Waals surface area contributed by atoms with Crippen LogP contribution in [0.1, 0.15) is 31.4 Å². The van der Waals surface area contributed by atoms with Crippen LogP contribution in [0.5, 0.6) is 11.5 Å². The lowest BCUT2D eigenvalue weighted by atomic mass is 10.1. The molecule has 0 radical (unpaired) electrons. The molecule has 0 unspecified atom stereocenters. The first-order valence-electron chi connectivity index (χ1n) is 10.3. The molecule has 0 heterocycles. The van der Waals surface area contributed by atoms with Crippen LogP contribution < -0.4 is 25.2 Å². The van der Waals surface area contributed by atoms with Gasteiger partial charge < -0.3 is 20.1 Å². The standard InChI is InChI=1S/C22H32N4O4S/c1-4-24-22(26-16-18-8-6-10-19(14-18)31(23,27)28)25-13-7-9-17-11-12-20(29-3)21(15-17)30-5-2/h6,8,10-12,14-15H,4-5,7,9,13,16H2,1-3H3,(H2,23,27,28)(H2,24,25,26). The smallest absolute Gasteiger partial charge is 0.238 e. The molecule has 2 rings (SSSR count). The van der Waals surface area contributed by atoms with Crippen molar-refractivity contribution >= 4 is 16.0 Å². The molecule has 0 atom stereocenters. The van der Waals surface area contributed by atoms with Crippen molar-refractivity contribution in [1.29, 1.82) is 0 Å². The molecule has 0 fully saturated rings. The monoisotopic (exact) mass is 448 g/mol. The van der Waals surface area contributed by atoms with E-state index in [2.05, 4.69) is 15.6 Å². The van der Waals surface area contributed by atoms with E-state index in [-0.39, 0.29) is 4.90 Å². The minimum Gasteiger partial charge on any atom is -0.493 e. The number of nitrogens with zero attached hydrogens (tertiary/aromatic N) is 1. The van der Waals surface area contributed by atoms with Crippen molar-refractivity contribution in [3.05, 3.63) is 53.6 Å². The highest BCUT2D eigenvalue weighted by atomic mass is 32.2. The number of rotatable bonds is 11. The number of ether oxygens (including phenoxy) is 2. The van der Waals surface area contributed by atoms with E-state index in [1.807, 2.05) is 38.1 Å². The second-order valence-corrected chi connectivity index (χ2v) is 8.40. The molecule has 2 aromatic rings. The zero-order valence-corrected chi connectivity index (χ0v) is 19.2. The third kappa shape index (κ3) is 8.10. The minimum atomic E-state index is -3.73. The molecule has 0 aliphatic carbocycles. The molecule has 0 amide bonds. The van der Waals surface area contributed by atoms with Gasteiger partial charge in [0.15, 0.2) is 17.5 Å². The summed E-state index contributed by atoms with van der Waals surface area (Å²) in [5.74, 6) is 2.16. The van der Waals surface area contributed by atoms with Crippen LogP contribution in [0.3, 0.4) is 0 Å². The first-order valence-corrected chi connectivity index (χ1v) is 11.9. The summed E-state index contributed by atoms with van der Waals surface area (Å²) in [5, 5.41) is 11.7. The maximum atomic E-state index is 11.5. The Morgan fingerprint density at radius 1 is 1.06 bits per heavy atom. The summed E-state index contributed by atoms with van der Waals surface area (Å²) in [6, 6.07) is 12.5. The minimum absolute atomic E-state index is 0.0871. The van der Waals surface area contributed by atoms with Crippen molar-refractivity contribution in [2.45, 2.75) is 38.1 Å². The topological polar surface area (TPSA) is 115 Å². The second-order valence-electron chi connectivity index (χ2n) is 6.84. The summed E-state index contributed by atoms with van der Waals surface area (Å²) in [6.07, 6.45) is 1.79. The zero-order valence-electron chi connectivity index (χ0n) is 18.3. The van der Waals surface area contributed by atoms with E-state index >= 15 is 0 Å². The van der Waals surface area contributed by atoms with E-state index in [0.717, 1.165) is 43.0 Å². The summed E-state index contributed by atoms with van der Waals surface area (Å²) in [5.41, 5.74) is 1.94. The van der Waals surface area contributed by atoms with E-state index in [1.54, 1.807) is 19.2 Å². The summed E-state index contributed by atoms with van der Waals surface area (Å²) in [6.45, 7) is 6.32. The molecule has 0 saturated heterocycles. The van der Waals surface area contributed by atoms with Crippen molar-refractivity contribution in [3.8, 4) is 11.5 Å². The highest BCUT2D eigenvalue weighted by Crippen LogP contribution is 2.28. The number of hydrogen-bond donors (Lipinski definition) is 3. The lowest BCUT2D eigenvalue weighted by molar-refractivity contribution is 0.310. The highest BCUT2D eigenvalue weighted by molar-refractivity contribution is 7.89. The molecule has 170 valence electrons. The van der Waals surface area contributed by atoms with Gasteiger partial charge in [0.25, 0.3) is 0 Å². The number of nitrogens with one attached hydrogen (secondary N) is 2. The summed E-state index contributed by atoms with van der Waals surface area (Å²) < 4.78 is 34.0. The van der Waals surface area contributed by atoms with Crippen LogP contribution in [-0.2, 0) is 23.0 Å². The van der Waals surface area contributed by atoms with E-state index in [0.29, 0.717) is 19.1 Å². The van der Waals surface area contributed by atoms with Gasteiger partial charge in [-0.05, 0) is 62.1 Å². The van der Waals surface area contributed by atoms with Gasteiger partial charge in [-0.3, -0.25) is 0 Å². The first-order chi connectivity index (χ1) is 14.9. The van der Waals surface area contributed by atoms with Gasteiger partial charge in [0, 0.05) is 13.1 Å². The molecule has 0 spiro atoms. The highest BCUT2D eigenvalue weighted by Gasteiger charge is 2.08. The lowest BCUT2D eigenvalue weighted by Gasteiger charge is -2.13. The number of sulfonamides is 1. The Bertz CT molecular complexity index is 977. The van der Waals surface area contributed by atoms with E-state index in [4.69, 9.17) is 14.6 Å². The van der Waals surface area contributed by atoms with Gasteiger partial charge in [0.05, 0.1) is 25.2 Å². The molecule has 9 heteroatoms. The Kier molecular flexibility index (Phi) is 9.61. The molecule has 0 aliphatic heterocycles. The third-order valence-electron chi connectivity index (χ3n) is 4.45. The molecular weight excluding hydrogens is 416 g/mol. The molecule has 2 aromatic carbocycles. The lowest BCUT2D eigenvalue weighted by Crippen LogP contribution is -2.37. The fourth-order valence-electron chi connectivity index (χ4n) is 2.98. The quantitative estimate of drug-likeness (QED) is 0.276. The Labute approximate surface area is 184 Å². The fourth-order valence-corrected chi connectivity index (χ4v) is 3.56. The van der Waals surface area contributed by atoms with E-state index in [9.17, 15) is 8.42 Å². The Morgan fingerprint density at radius 2 is 1.87 bits per heavy atom. The fraction of sp³-hybridized carbons (Fsp3) is 0.409. The van der Waals surface area contributed by atoms with Crippen molar-refractivity contribution in [1.82, 2.24) is 10.6 Å². The van der Waals surface area contributed by atoms with Gasteiger partial charge in [0.1, 0.15) is 0 Å². The van der Waals surface area contributed by atoms with Crippen molar-refractivity contribution in [3.63, 3.8) is 0 Å². The first kappa shape index (κ1) is 24.5. The average Bonchev–Trinajstić information content (AvgIpc) is 2.75. The molecule has 0 bridgehead atoms.